The summed E-state index contributed by atoms with van der Waals surface area (Å²) >= 11 is 0. The molecule has 3 aromatic rings. The average molecular weight is 695 g/mol. The first-order valence-electron chi connectivity index (χ1n) is 19.2. The fourth-order valence-corrected chi connectivity index (χ4v) is 12.5. The maximum Gasteiger partial charge on any atom is 0.135 e. The minimum Gasteiger partial charge on any atom is -0.496 e. The Morgan fingerprint density at radius 2 is 1.86 bits per heavy atom. The Bertz CT molecular complexity index is 1940. The number of para-hydroxylation sites is 1. The van der Waals surface area contributed by atoms with Crippen molar-refractivity contribution in [2.45, 2.75) is 80.6 Å². The molecule has 5 N–H and O–H groups in total. The van der Waals surface area contributed by atoms with Gasteiger partial charge in [0, 0.05) is 84.0 Å². The van der Waals surface area contributed by atoms with E-state index in [9.17, 15) is 20.4 Å². The highest BCUT2D eigenvalue weighted by atomic mass is 16.5. The minimum absolute atomic E-state index is 0.0760. The second kappa shape index (κ2) is 11.7. The lowest BCUT2D eigenvalue weighted by atomic mass is 9.48. The number of benzene rings is 2. The molecule has 2 fully saturated rings. The molecule has 2 bridgehead atoms. The molecule has 1 aromatic heterocycles. The molecule has 1 saturated carbocycles. The number of hydrogen-bond acceptors (Lipinski definition) is 8. The monoisotopic (exact) mass is 694 g/mol. The van der Waals surface area contributed by atoms with Gasteiger partial charge >= 0.3 is 0 Å². The van der Waals surface area contributed by atoms with Crippen LogP contribution in [0.1, 0.15) is 61.9 Å². The zero-order valence-corrected chi connectivity index (χ0v) is 30.5. The highest BCUT2D eigenvalue weighted by molar-refractivity contribution is 5.86. The predicted molar refractivity (Wildman–Crippen MR) is 200 cm³/mol. The number of hydrogen-bond donors (Lipinski definition) is 5. The van der Waals surface area contributed by atoms with Gasteiger partial charge in [-0.1, -0.05) is 55.8 Å². The zero-order valence-electron chi connectivity index (χ0n) is 30.5. The summed E-state index contributed by atoms with van der Waals surface area (Å²) in [5, 5.41) is 49.2. The van der Waals surface area contributed by atoms with Crippen LogP contribution in [0, 0.1) is 11.3 Å². The van der Waals surface area contributed by atoms with Gasteiger partial charge in [0.1, 0.15) is 11.4 Å². The maximum absolute atomic E-state index is 12.6. The van der Waals surface area contributed by atoms with Crippen LogP contribution in [0.4, 0.5) is 5.69 Å². The topological polar surface area (TPSA) is 116 Å². The van der Waals surface area contributed by atoms with Gasteiger partial charge in [-0.3, -0.25) is 9.80 Å². The second-order valence-corrected chi connectivity index (χ2v) is 16.6. The standard InChI is InChI=1S/C42H54N4O5/c1-5-26-18-27-21-40(24-47,35-29(12-16-45(22-26)23-27)28-10-7-8-11-32(28)43-35)31-19-30-33(20-34(31)51-4)44(3)37-41(30)14-17-46-15-9-13-39(6-2,36(41)46)38(49)42(37,50)25-48/h7-11,13,18-20,27,36-38,43,47-50H,5-6,12,14-17,21-25H2,1-4H3/t27-,36-,37+,38+,39+,40-,41+,42?/m0/s1. The summed E-state index contributed by atoms with van der Waals surface area (Å²) < 4.78 is 6.35. The molecule has 1 saturated heterocycles. The van der Waals surface area contributed by atoms with Crippen molar-refractivity contribution in [1.29, 1.82) is 0 Å². The third-order valence-corrected chi connectivity index (χ3v) is 14.6. The Balaban J connectivity index is 1.33. The first-order valence-corrected chi connectivity index (χ1v) is 19.2. The van der Waals surface area contributed by atoms with E-state index >= 15 is 0 Å². The van der Waals surface area contributed by atoms with Gasteiger partial charge in [0.15, 0.2) is 0 Å². The molecule has 6 aliphatic rings. The molecule has 2 aromatic carbocycles. The van der Waals surface area contributed by atoms with Gasteiger partial charge in [-0.05, 0) is 67.8 Å². The number of anilines is 1. The van der Waals surface area contributed by atoms with E-state index in [2.05, 4.69) is 88.2 Å². The van der Waals surface area contributed by atoms with Crippen LogP contribution < -0.4 is 9.64 Å². The first kappa shape index (κ1) is 33.6. The fraction of sp³-hybridized carbons (Fsp3) is 0.571. The Labute approximate surface area is 301 Å². The first-order chi connectivity index (χ1) is 24.6. The molecular weight excluding hydrogens is 640 g/mol. The summed E-state index contributed by atoms with van der Waals surface area (Å²) in [6.45, 7) is 8.19. The number of H-pyrrole nitrogens is 1. The minimum atomic E-state index is -1.77. The van der Waals surface area contributed by atoms with Crippen LogP contribution >= 0.6 is 0 Å². The highest BCUT2D eigenvalue weighted by Gasteiger charge is 2.76. The molecule has 0 radical (unpaired) electrons. The fourth-order valence-electron chi connectivity index (χ4n) is 12.5. The molecule has 9 atom stereocenters. The third kappa shape index (κ3) is 4.19. The molecule has 5 aliphatic heterocycles. The van der Waals surface area contributed by atoms with Gasteiger partial charge in [0.05, 0.1) is 37.9 Å². The van der Waals surface area contributed by atoms with Gasteiger partial charge in [-0.15, -0.1) is 0 Å². The van der Waals surface area contributed by atoms with Crippen LogP contribution in [0.3, 0.4) is 0 Å². The molecule has 9 rings (SSSR count). The lowest BCUT2D eigenvalue weighted by Gasteiger charge is -2.64. The molecule has 0 amide bonds. The molecule has 2 unspecified atom stereocenters. The van der Waals surface area contributed by atoms with E-state index in [1.807, 2.05) is 7.05 Å². The van der Waals surface area contributed by atoms with Gasteiger partial charge in [0.2, 0.25) is 0 Å². The Kier molecular flexibility index (Phi) is 7.69. The van der Waals surface area contributed by atoms with Crippen molar-refractivity contribution in [3.05, 3.63) is 82.6 Å². The summed E-state index contributed by atoms with van der Waals surface area (Å²) in [6.07, 6.45) is 9.61. The van der Waals surface area contributed by atoms with Crippen LogP contribution in [-0.2, 0) is 17.3 Å². The predicted octanol–water partition coefficient (Wildman–Crippen LogP) is 3.86. The van der Waals surface area contributed by atoms with Crippen molar-refractivity contribution in [2.75, 3.05) is 65.0 Å². The Hall–Kier alpha value is -3.18. The quantitative estimate of drug-likeness (QED) is 0.247. The number of aliphatic hydroxyl groups is 4. The lowest BCUT2D eigenvalue weighted by Crippen LogP contribution is -2.79. The summed E-state index contributed by atoms with van der Waals surface area (Å²) in [7, 11) is 3.71. The van der Waals surface area contributed by atoms with Crippen molar-refractivity contribution in [3.8, 4) is 5.75 Å². The van der Waals surface area contributed by atoms with Crippen molar-refractivity contribution in [2.24, 2.45) is 11.3 Å². The number of aromatic amines is 1. The molecule has 51 heavy (non-hydrogen) atoms. The lowest BCUT2D eigenvalue weighted by molar-refractivity contribution is -0.213. The molecule has 272 valence electrons. The molecule has 6 heterocycles. The van der Waals surface area contributed by atoms with Gasteiger partial charge < -0.3 is 35.0 Å². The molecule has 1 aliphatic carbocycles. The number of rotatable bonds is 6. The van der Waals surface area contributed by atoms with Crippen LogP contribution in [0.15, 0.2) is 60.2 Å². The third-order valence-electron chi connectivity index (χ3n) is 14.6. The van der Waals surface area contributed by atoms with Crippen molar-refractivity contribution in [3.63, 3.8) is 0 Å². The molecule has 1 spiro atoms. The van der Waals surface area contributed by atoms with E-state index in [1.54, 1.807) is 7.11 Å². The van der Waals surface area contributed by atoms with Gasteiger partial charge in [0.25, 0.3) is 0 Å². The van der Waals surface area contributed by atoms with E-state index in [1.165, 1.54) is 16.5 Å². The van der Waals surface area contributed by atoms with Crippen molar-refractivity contribution >= 4 is 16.6 Å². The number of nitrogens with one attached hydrogen (secondary N) is 1. The number of methoxy groups -OCH3 is 1. The van der Waals surface area contributed by atoms with Crippen LogP contribution in [0.2, 0.25) is 0 Å². The number of likely N-dealkylation sites (N-methyl/N-ethyl adjacent to an activating group) is 1. The number of nitrogens with zero attached hydrogens (tertiary/aromatic N) is 3. The van der Waals surface area contributed by atoms with Crippen LogP contribution in [0.25, 0.3) is 10.9 Å². The number of ether oxygens (including phenoxy) is 1. The summed E-state index contributed by atoms with van der Waals surface area (Å²) in [5.41, 5.74) is 3.96. The zero-order chi connectivity index (χ0) is 35.5. The number of aliphatic hydroxyl groups excluding tert-OH is 3. The van der Waals surface area contributed by atoms with E-state index in [-0.39, 0.29) is 18.6 Å². The van der Waals surface area contributed by atoms with Crippen molar-refractivity contribution < 1.29 is 25.2 Å². The smallest absolute Gasteiger partial charge is 0.135 e. The van der Waals surface area contributed by atoms with E-state index in [0.29, 0.717) is 18.6 Å². The van der Waals surface area contributed by atoms with E-state index < -0.39 is 40.6 Å². The molecular formula is C42H54N4O5. The highest BCUT2D eigenvalue weighted by Crippen LogP contribution is 2.67. The largest absolute Gasteiger partial charge is 0.496 e. The van der Waals surface area contributed by atoms with Gasteiger partial charge in [-0.25, -0.2) is 0 Å². The number of fused-ring (bicyclic) bond motifs is 6. The molecule has 9 heteroatoms. The summed E-state index contributed by atoms with van der Waals surface area (Å²) in [6, 6.07) is 12.3. The van der Waals surface area contributed by atoms with Crippen LogP contribution in [0.5, 0.6) is 5.75 Å². The number of aromatic nitrogens is 1. The van der Waals surface area contributed by atoms with Crippen molar-refractivity contribution in [1.82, 2.24) is 14.8 Å². The normalized spacial score (nSPS) is 38.3. The Morgan fingerprint density at radius 3 is 2.61 bits per heavy atom. The Morgan fingerprint density at radius 1 is 1.04 bits per heavy atom. The maximum atomic E-state index is 12.6. The van der Waals surface area contributed by atoms with E-state index in [4.69, 9.17) is 4.74 Å². The SMILES string of the molecule is CCC1=C[C@@H]2CN(CCc3c([nH]c4ccccc34)[C@@](CO)(c3cc4c(cc3OC)N(C)[C@H]3C(O)(CO)[C@H](O)[C@]5(CC)C=CCN6CC[C@]43[C@@H]65)C2)C1. The average Bonchev–Trinajstić information content (AvgIpc) is 3.82. The summed E-state index contributed by atoms with van der Waals surface area (Å²) in [5.74, 6) is 0.932. The van der Waals surface area contributed by atoms with Crippen LogP contribution in [-0.4, -0.2) is 119 Å². The summed E-state index contributed by atoms with van der Waals surface area (Å²) in [4.78, 5) is 11.1. The molecule has 9 nitrogen and oxygen atoms in total. The van der Waals surface area contributed by atoms with E-state index in [0.717, 1.165) is 80.0 Å². The van der Waals surface area contributed by atoms with Gasteiger partial charge in [-0.2, -0.15) is 0 Å². The second-order valence-electron chi connectivity index (χ2n) is 16.6.